The Morgan fingerprint density at radius 3 is 2.41 bits per heavy atom. The summed E-state index contributed by atoms with van der Waals surface area (Å²) in [6, 6.07) is -0.589. The summed E-state index contributed by atoms with van der Waals surface area (Å²) < 4.78 is 27.5. The van der Waals surface area contributed by atoms with Crippen molar-refractivity contribution < 1.29 is 18.0 Å². The number of carbonyl (C=O) groups excluding carboxylic acids is 2. The fourth-order valence-electron chi connectivity index (χ4n) is 5.37. The summed E-state index contributed by atoms with van der Waals surface area (Å²) in [5.74, 6) is -0.0826. The van der Waals surface area contributed by atoms with Gasteiger partial charge in [0.05, 0.1) is 11.8 Å². The van der Waals surface area contributed by atoms with Crippen LogP contribution in [0.2, 0.25) is 0 Å². The van der Waals surface area contributed by atoms with Crippen molar-refractivity contribution in [2.24, 2.45) is 5.92 Å². The SMILES string of the molecule is O=C(Nc1nccs1)C(CC1CCCCC1)N1CCN(S(=O)(=O)C2CCCCC2)CC1=O. The van der Waals surface area contributed by atoms with Crippen LogP contribution in [0.5, 0.6) is 0 Å². The lowest BCUT2D eigenvalue weighted by Crippen LogP contribution is -2.59. The van der Waals surface area contributed by atoms with E-state index in [0.29, 0.717) is 30.3 Å². The summed E-state index contributed by atoms with van der Waals surface area (Å²) in [6.07, 6.45) is 12.2. The molecule has 2 heterocycles. The van der Waals surface area contributed by atoms with Crippen molar-refractivity contribution in [2.75, 3.05) is 25.0 Å². The first-order valence-electron chi connectivity index (χ1n) is 11.9. The third kappa shape index (κ3) is 5.51. The van der Waals surface area contributed by atoms with Gasteiger partial charge < -0.3 is 10.2 Å². The van der Waals surface area contributed by atoms with E-state index in [2.05, 4.69) is 10.3 Å². The second kappa shape index (κ2) is 10.6. The zero-order valence-corrected chi connectivity index (χ0v) is 20.2. The quantitative estimate of drug-likeness (QED) is 0.643. The summed E-state index contributed by atoms with van der Waals surface area (Å²) in [4.78, 5) is 32.1. The standard InChI is InChI=1S/C22H34N4O4S2/c27-20-16-25(32(29,30)18-9-5-2-6-10-18)12-13-26(20)19(15-17-7-3-1-4-8-17)21(28)24-22-23-11-14-31-22/h11,14,17-19H,1-10,12-13,15-16H2,(H,23,24,28). The third-order valence-corrected chi connectivity index (χ3v) is 10.2. The van der Waals surface area contributed by atoms with E-state index in [9.17, 15) is 18.0 Å². The molecule has 0 bridgehead atoms. The van der Waals surface area contributed by atoms with Crippen LogP contribution in [0.3, 0.4) is 0 Å². The van der Waals surface area contributed by atoms with Crippen molar-refractivity contribution >= 4 is 38.3 Å². The van der Waals surface area contributed by atoms with E-state index in [-0.39, 0.29) is 36.7 Å². The zero-order valence-electron chi connectivity index (χ0n) is 18.6. The van der Waals surface area contributed by atoms with Crippen LogP contribution in [0, 0.1) is 5.92 Å². The summed E-state index contributed by atoms with van der Waals surface area (Å²) in [5, 5.41) is 4.81. The van der Waals surface area contributed by atoms with Crippen LogP contribution in [0.1, 0.15) is 70.6 Å². The number of hydrogen-bond donors (Lipinski definition) is 1. The number of nitrogens with zero attached hydrogens (tertiary/aromatic N) is 3. The Kier molecular flexibility index (Phi) is 7.83. The lowest BCUT2D eigenvalue weighted by Gasteiger charge is -2.40. The van der Waals surface area contributed by atoms with Crippen molar-refractivity contribution in [3.63, 3.8) is 0 Å². The van der Waals surface area contributed by atoms with E-state index < -0.39 is 16.1 Å². The first kappa shape index (κ1) is 23.6. The molecule has 1 aromatic heterocycles. The fraction of sp³-hybridized carbons (Fsp3) is 0.773. The number of aromatic nitrogens is 1. The molecule has 1 aliphatic heterocycles. The number of rotatable bonds is 7. The molecule has 2 amide bonds. The van der Waals surface area contributed by atoms with Crippen LogP contribution in [0.4, 0.5) is 5.13 Å². The molecule has 32 heavy (non-hydrogen) atoms. The van der Waals surface area contributed by atoms with E-state index in [1.165, 1.54) is 22.1 Å². The lowest BCUT2D eigenvalue weighted by atomic mass is 9.84. The normalized spacial score (nSPS) is 23.2. The van der Waals surface area contributed by atoms with Gasteiger partial charge in [0, 0.05) is 24.7 Å². The molecule has 3 fully saturated rings. The lowest BCUT2D eigenvalue weighted by molar-refractivity contribution is -0.142. The monoisotopic (exact) mass is 482 g/mol. The highest BCUT2D eigenvalue weighted by Gasteiger charge is 2.41. The highest BCUT2D eigenvalue weighted by Crippen LogP contribution is 2.31. The number of amides is 2. The molecule has 2 saturated carbocycles. The first-order valence-corrected chi connectivity index (χ1v) is 14.3. The van der Waals surface area contributed by atoms with Gasteiger partial charge in [0.25, 0.3) is 0 Å². The van der Waals surface area contributed by atoms with Gasteiger partial charge in [-0.2, -0.15) is 4.31 Å². The van der Waals surface area contributed by atoms with Crippen molar-refractivity contribution in [1.29, 1.82) is 0 Å². The van der Waals surface area contributed by atoms with Crippen molar-refractivity contribution in [3.8, 4) is 0 Å². The molecule has 0 aromatic carbocycles. The Bertz CT molecular complexity index is 878. The van der Waals surface area contributed by atoms with E-state index in [1.54, 1.807) is 16.5 Å². The molecule has 0 spiro atoms. The first-order chi connectivity index (χ1) is 15.4. The number of hydrogen-bond acceptors (Lipinski definition) is 6. The Morgan fingerprint density at radius 1 is 1.09 bits per heavy atom. The summed E-state index contributed by atoms with van der Waals surface area (Å²) in [7, 11) is -3.48. The highest BCUT2D eigenvalue weighted by atomic mass is 32.2. The smallest absolute Gasteiger partial charge is 0.248 e. The summed E-state index contributed by atoms with van der Waals surface area (Å²) >= 11 is 1.35. The maximum atomic E-state index is 13.2. The molecule has 2 aliphatic carbocycles. The second-order valence-corrected chi connectivity index (χ2v) is 12.4. The van der Waals surface area contributed by atoms with E-state index in [4.69, 9.17) is 0 Å². The number of carbonyl (C=O) groups is 2. The predicted octanol–water partition coefficient (Wildman–Crippen LogP) is 3.23. The number of piperazine rings is 1. The largest absolute Gasteiger partial charge is 0.328 e. The molecular formula is C22H34N4O4S2. The number of thiazole rings is 1. The summed E-state index contributed by atoms with van der Waals surface area (Å²) in [6.45, 7) is 0.355. The third-order valence-electron chi connectivity index (χ3n) is 7.18. The fourth-order valence-corrected chi connectivity index (χ4v) is 7.88. The van der Waals surface area contributed by atoms with Gasteiger partial charge in [-0.25, -0.2) is 13.4 Å². The zero-order chi connectivity index (χ0) is 22.6. The van der Waals surface area contributed by atoms with Gasteiger partial charge in [-0.3, -0.25) is 9.59 Å². The maximum absolute atomic E-state index is 13.2. The van der Waals surface area contributed by atoms with Gasteiger partial charge in [0.15, 0.2) is 5.13 Å². The Hall–Kier alpha value is -1.52. The maximum Gasteiger partial charge on any atom is 0.248 e. The van der Waals surface area contributed by atoms with Gasteiger partial charge in [-0.1, -0.05) is 51.4 Å². The van der Waals surface area contributed by atoms with Crippen LogP contribution in [-0.4, -0.2) is 65.3 Å². The molecule has 1 unspecified atom stereocenters. The minimum absolute atomic E-state index is 0.162. The van der Waals surface area contributed by atoms with Gasteiger partial charge in [-0.05, 0) is 25.2 Å². The minimum atomic E-state index is -3.48. The molecule has 10 heteroatoms. The van der Waals surface area contributed by atoms with Gasteiger partial charge in [-0.15, -0.1) is 11.3 Å². The molecule has 0 radical (unpaired) electrons. The summed E-state index contributed by atoms with van der Waals surface area (Å²) in [5.41, 5.74) is 0. The minimum Gasteiger partial charge on any atom is -0.328 e. The van der Waals surface area contributed by atoms with Crippen molar-refractivity contribution in [2.45, 2.75) is 81.9 Å². The molecule has 1 N–H and O–H groups in total. The molecule has 4 rings (SSSR count). The Morgan fingerprint density at radius 2 is 1.78 bits per heavy atom. The molecule has 178 valence electrons. The van der Waals surface area contributed by atoms with E-state index in [0.717, 1.165) is 44.9 Å². The molecule has 1 saturated heterocycles. The van der Waals surface area contributed by atoms with E-state index >= 15 is 0 Å². The van der Waals surface area contributed by atoms with Crippen LogP contribution < -0.4 is 5.32 Å². The molecular weight excluding hydrogens is 448 g/mol. The number of nitrogens with one attached hydrogen (secondary N) is 1. The number of anilines is 1. The molecule has 3 aliphatic rings. The number of sulfonamides is 1. The van der Waals surface area contributed by atoms with Crippen molar-refractivity contribution in [3.05, 3.63) is 11.6 Å². The predicted molar refractivity (Wildman–Crippen MR) is 125 cm³/mol. The van der Waals surface area contributed by atoms with E-state index in [1.807, 2.05) is 0 Å². The van der Waals surface area contributed by atoms with Crippen LogP contribution in [0.15, 0.2) is 11.6 Å². The Labute approximate surface area is 194 Å². The van der Waals surface area contributed by atoms with Gasteiger partial charge >= 0.3 is 0 Å². The van der Waals surface area contributed by atoms with Gasteiger partial charge in [0.2, 0.25) is 21.8 Å². The van der Waals surface area contributed by atoms with Crippen LogP contribution >= 0.6 is 11.3 Å². The topological polar surface area (TPSA) is 99.7 Å². The second-order valence-electron chi connectivity index (χ2n) is 9.31. The van der Waals surface area contributed by atoms with Crippen LogP contribution in [0.25, 0.3) is 0 Å². The average molecular weight is 483 g/mol. The molecule has 8 nitrogen and oxygen atoms in total. The molecule has 1 atom stereocenters. The van der Waals surface area contributed by atoms with Crippen LogP contribution in [-0.2, 0) is 19.6 Å². The average Bonchev–Trinajstić information content (AvgIpc) is 3.32. The van der Waals surface area contributed by atoms with Crippen molar-refractivity contribution in [1.82, 2.24) is 14.2 Å². The molecule has 1 aromatic rings. The van der Waals surface area contributed by atoms with Gasteiger partial charge in [0.1, 0.15) is 6.04 Å². The Balaban J connectivity index is 1.46. The highest BCUT2D eigenvalue weighted by molar-refractivity contribution is 7.89.